The minimum Gasteiger partial charge on any atom is -0.396 e. The highest BCUT2D eigenvalue weighted by atomic mass is 31.2. The van der Waals surface area contributed by atoms with E-state index < -0.39 is 154 Å². The monoisotopic (exact) mass is 1670 g/mol. The van der Waals surface area contributed by atoms with Gasteiger partial charge >= 0.3 is 31.3 Å². The third-order valence-corrected chi connectivity index (χ3v) is 22.0. The highest BCUT2D eigenvalue weighted by Crippen LogP contribution is 2.47. The first-order valence-electron chi connectivity index (χ1n) is 37.8. The van der Waals surface area contributed by atoms with Crippen molar-refractivity contribution in [2.24, 2.45) is 29.1 Å². The molecule has 109 heavy (non-hydrogen) atoms. The van der Waals surface area contributed by atoms with Crippen LogP contribution in [0.5, 0.6) is 0 Å². The molecule has 3 rings (SSSR count). The number of methoxy groups -OCH3 is 1. The van der Waals surface area contributed by atoms with Gasteiger partial charge in [-0.25, -0.2) is 18.3 Å². The van der Waals surface area contributed by atoms with Crippen molar-refractivity contribution in [3.63, 3.8) is 0 Å². The number of rotatable bonds is 69. The highest BCUT2D eigenvalue weighted by Gasteiger charge is 2.46. The fourth-order valence-electron chi connectivity index (χ4n) is 11.5. The Bertz CT molecular complexity index is 2430. The van der Waals surface area contributed by atoms with E-state index in [1.54, 1.807) is 21.0 Å². The van der Waals surface area contributed by atoms with E-state index in [4.69, 9.17) is 88.3 Å². The SMILES string of the molecule is COCCCOCC(CO)COCCCOP(=O)(O)OCC(COCCCOP(=O)(O)OCCCCCCO[C@@H]1OC(CO)[C@H](O)[C@H](O)C1C)(COCCCOP(=O)(O)OCCCCCCO[C@@H]1OC(CO)[C@H](O)[C@H](O)C1C)COCCCOP(=O)(O)OCCCCCCO[C@@H]1CC(CO)[C@H](O)[C@H](O)C1NC(C)=O. The summed E-state index contributed by atoms with van der Waals surface area (Å²) in [5.74, 6) is -2.48. The molecule has 11 unspecified atom stereocenters. The second kappa shape index (κ2) is 58.0. The molecule has 1 aliphatic carbocycles. The van der Waals surface area contributed by atoms with Crippen LogP contribution >= 0.6 is 31.3 Å². The number of phosphoric acid groups is 4. The molecule has 3 aliphatic rings. The maximum Gasteiger partial charge on any atom is 0.472 e. The minimum atomic E-state index is -4.87. The van der Waals surface area contributed by atoms with Gasteiger partial charge in [-0.15, -0.1) is 0 Å². The second-order valence-corrected chi connectivity index (χ2v) is 33.3. The topological polar surface area (TPSA) is 556 Å². The summed E-state index contributed by atoms with van der Waals surface area (Å²) in [6.45, 7) is 1.51. The van der Waals surface area contributed by atoms with Crippen LogP contribution in [0.2, 0.25) is 0 Å². The molecule has 43 heteroatoms. The van der Waals surface area contributed by atoms with Crippen molar-refractivity contribution < 1.29 is 182 Å². The number of carbonyl (C=O) groups excluding carboxylic acids is 1. The Labute approximate surface area is 640 Å². The number of nitrogens with one attached hydrogen (secondary N) is 1. The summed E-state index contributed by atoms with van der Waals surface area (Å²) in [6, 6.07) is -0.875. The molecule has 2 aliphatic heterocycles. The molecule has 1 saturated carbocycles. The molecule has 2 saturated heterocycles. The zero-order chi connectivity index (χ0) is 80.6. The number of phosphoric ester groups is 4. The predicted octanol–water partition coefficient (Wildman–Crippen LogP) is 2.28. The van der Waals surface area contributed by atoms with Crippen LogP contribution in [0.1, 0.15) is 136 Å². The summed E-state index contributed by atoms with van der Waals surface area (Å²) in [5.41, 5.74) is -1.48. The third-order valence-electron chi connectivity index (χ3n) is 18.0. The van der Waals surface area contributed by atoms with E-state index in [2.05, 4.69) is 5.32 Å². The molecule has 0 spiro atoms. The zero-order valence-electron chi connectivity index (χ0n) is 63.7. The summed E-state index contributed by atoms with van der Waals surface area (Å²) < 4.78 is 157. The molecule has 0 aromatic rings. The molecule has 1 amide bonds. The van der Waals surface area contributed by atoms with Crippen LogP contribution in [0.15, 0.2) is 0 Å². The van der Waals surface area contributed by atoms with Gasteiger partial charge in [-0.05, 0) is 77.0 Å². The average molecular weight is 1670 g/mol. The van der Waals surface area contributed by atoms with Gasteiger partial charge in [0.1, 0.15) is 30.5 Å². The van der Waals surface area contributed by atoms with Gasteiger partial charge in [-0.3, -0.25) is 41.0 Å². The lowest BCUT2D eigenvalue weighted by Crippen LogP contribution is -2.61. The van der Waals surface area contributed by atoms with E-state index in [-0.39, 0.29) is 177 Å². The summed E-state index contributed by atoms with van der Waals surface area (Å²) in [4.78, 5) is 54.1. The van der Waals surface area contributed by atoms with Crippen molar-refractivity contribution in [2.75, 3.05) is 179 Å². The molecule has 2 heterocycles. The smallest absolute Gasteiger partial charge is 0.396 e. The average Bonchev–Trinajstić information content (AvgIpc) is 0.809. The fraction of sp³-hybridized carbons (Fsp3) is 0.985. The molecule has 39 nitrogen and oxygen atoms in total. The summed E-state index contributed by atoms with van der Waals surface area (Å²) in [5, 5.41) is 103. The van der Waals surface area contributed by atoms with Crippen LogP contribution in [-0.4, -0.2) is 329 Å². The molecule has 0 aromatic carbocycles. The van der Waals surface area contributed by atoms with Crippen LogP contribution in [0.4, 0.5) is 0 Å². The van der Waals surface area contributed by atoms with Crippen molar-refractivity contribution in [3.05, 3.63) is 0 Å². The summed E-state index contributed by atoms with van der Waals surface area (Å²) >= 11 is 0. The van der Waals surface area contributed by atoms with Crippen LogP contribution < -0.4 is 5.32 Å². The second-order valence-electron chi connectivity index (χ2n) is 27.5. The van der Waals surface area contributed by atoms with Crippen LogP contribution in [0.25, 0.3) is 0 Å². The van der Waals surface area contributed by atoms with Gasteiger partial charge in [0.15, 0.2) is 12.6 Å². The quantitative estimate of drug-likeness (QED) is 0.0307. The number of aliphatic hydroxyl groups is 10. The first kappa shape index (κ1) is 102. The molecule has 0 aromatic heterocycles. The predicted molar refractivity (Wildman–Crippen MR) is 385 cm³/mol. The maximum absolute atomic E-state index is 13.5. The molecule has 15 N–H and O–H groups in total. The summed E-state index contributed by atoms with van der Waals surface area (Å²) in [6.07, 6.45) is -4.07. The van der Waals surface area contributed by atoms with E-state index in [1.165, 1.54) is 6.92 Å². The van der Waals surface area contributed by atoms with Crippen molar-refractivity contribution in [3.8, 4) is 0 Å². The number of ether oxygens (including phenoxy) is 11. The minimum absolute atomic E-state index is 0.0188. The van der Waals surface area contributed by atoms with E-state index >= 15 is 0 Å². The Morgan fingerprint density at radius 1 is 0.413 bits per heavy atom. The lowest BCUT2D eigenvalue weighted by Gasteiger charge is -2.42. The van der Waals surface area contributed by atoms with Gasteiger partial charge < -0.3 is 128 Å². The fourth-order valence-corrected chi connectivity index (χ4v) is 14.8. The molecular weight excluding hydrogens is 1540 g/mol. The van der Waals surface area contributed by atoms with Crippen LogP contribution in [-0.2, 0) is 111 Å². The van der Waals surface area contributed by atoms with Gasteiger partial charge in [0, 0.05) is 104 Å². The zero-order valence-corrected chi connectivity index (χ0v) is 67.3. The Morgan fingerprint density at radius 3 is 1.10 bits per heavy atom. The van der Waals surface area contributed by atoms with E-state index in [0.717, 1.165) is 0 Å². The van der Waals surface area contributed by atoms with Gasteiger partial charge in [-0.2, -0.15) is 0 Å². The number of amides is 1. The standard InChI is InChI=1S/C66H131NO38P4/c1-49-58(73)61(76)55(41-70)104-64(49)94-29-12-6-9-15-32-97-107(81,82)100-36-20-26-91-46-66(48-103-109(85,86)102-34-18-24-89-44-52(39-68)43-88-23-17-22-87-4,47-92-27-21-37-101-108(83,84)98-33-16-10-7-13-30-95-65-50(2)59(74)62(77)56(42-71)105-65)45-90-25-19-35-99-106(79,80)96-31-14-8-5-11-28-93-54-38-53(40-69)60(75)63(78)57(54)67-51(3)72/h49-50,52-65,68-71,73-78H,5-48H2,1-4H3,(H,67,72)(H,79,80)(H,81,82)(H,83,84)(H,85,86)/t49?,50?,52?,53?,54-,55?,56?,57?,58-,59-,60+,61+,62+,63-,64-,65-,66?/m1/s1. The molecule has 0 bridgehead atoms. The molecule has 20 atom stereocenters. The van der Waals surface area contributed by atoms with Crippen LogP contribution in [0.3, 0.4) is 0 Å². The van der Waals surface area contributed by atoms with Gasteiger partial charge in [0.25, 0.3) is 0 Å². The van der Waals surface area contributed by atoms with Crippen molar-refractivity contribution in [1.29, 1.82) is 0 Å². The summed E-state index contributed by atoms with van der Waals surface area (Å²) in [7, 11) is -16.9. The normalized spacial score (nSPS) is 27.9. The third kappa shape index (κ3) is 43.9. The Kier molecular flexibility index (Phi) is 54.4. The Hall–Kier alpha value is -0.930. The number of unbranched alkanes of at least 4 members (excludes halogenated alkanes) is 9. The van der Waals surface area contributed by atoms with E-state index in [9.17, 15) is 93.7 Å². The van der Waals surface area contributed by atoms with Crippen molar-refractivity contribution in [1.82, 2.24) is 5.32 Å². The number of hydrogen-bond donors (Lipinski definition) is 15. The van der Waals surface area contributed by atoms with Gasteiger partial charge in [0.2, 0.25) is 5.91 Å². The molecule has 3 fully saturated rings. The van der Waals surface area contributed by atoms with Crippen molar-refractivity contribution in [2.45, 2.75) is 210 Å². The maximum atomic E-state index is 13.5. The molecule has 0 radical (unpaired) electrons. The molecule has 648 valence electrons. The lowest BCUT2D eigenvalue weighted by molar-refractivity contribution is -0.282. The Balaban J connectivity index is 1.60. The number of aliphatic hydroxyl groups excluding tert-OH is 10. The van der Waals surface area contributed by atoms with Crippen molar-refractivity contribution >= 4 is 37.2 Å². The first-order chi connectivity index (χ1) is 52.0. The van der Waals surface area contributed by atoms with Gasteiger partial charge in [0.05, 0.1) is 142 Å². The number of carbonyl (C=O) groups is 1. The van der Waals surface area contributed by atoms with Gasteiger partial charge in [-0.1, -0.05) is 52.4 Å². The molecular formula is C66H131NO38P4. The van der Waals surface area contributed by atoms with E-state index in [0.29, 0.717) is 96.7 Å². The highest BCUT2D eigenvalue weighted by molar-refractivity contribution is 7.48. The van der Waals surface area contributed by atoms with Crippen LogP contribution in [0, 0.1) is 29.1 Å². The first-order valence-corrected chi connectivity index (χ1v) is 43.8. The largest absolute Gasteiger partial charge is 0.472 e. The number of hydrogen-bond acceptors (Lipinski definition) is 34. The Morgan fingerprint density at radius 2 is 0.752 bits per heavy atom. The lowest BCUT2D eigenvalue weighted by atomic mass is 9.79. The van der Waals surface area contributed by atoms with E-state index in [1.807, 2.05) is 0 Å².